The maximum Gasteiger partial charge on any atom is 0.407 e. The molecule has 0 radical (unpaired) electrons. The number of aryl methyl sites for hydroxylation is 1. The Morgan fingerprint density at radius 3 is 2.41 bits per heavy atom. The Morgan fingerprint density at radius 1 is 0.982 bits per heavy atom. The van der Waals surface area contributed by atoms with E-state index in [9.17, 15) is 29.6 Å². The summed E-state index contributed by atoms with van der Waals surface area (Å²) in [5, 5.41) is 25.3. The van der Waals surface area contributed by atoms with E-state index in [1.165, 1.54) is 30.1 Å². The lowest BCUT2D eigenvalue weighted by Crippen LogP contribution is -2.52. The van der Waals surface area contributed by atoms with Gasteiger partial charge in [0.25, 0.3) is 11.6 Å². The largest absolute Gasteiger partial charge is 0.496 e. The predicted octanol–water partition coefficient (Wildman–Crippen LogP) is 6.96. The number of H-pyrrole nitrogens is 1. The average Bonchev–Trinajstić information content (AvgIpc) is 3.64. The van der Waals surface area contributed by atoms with Crippen LogP contribution in [0.5, 0.6) is 17.2 Å². The van der Waals surface area contributed by atoms with Crippen LogP contribution in [0.1, 0.15) is 52.9 Å². The second-order valence-electron chi connectivity index (χ2n) is 14.0. The molecule has 0 saturated heterocycles. The van der Waals surface area contributed by atoms with E-state index < -0.39 is 28.2 Å². The summed E-state index contributed by atoms with van der Waals surface area (Å²) < 4.78 is 16.2. The van der Waals surface area contributed by atoms with E-state index in [2.05, 4.69) is 10.3 Å². The first-order valence-corrected chi connectivity index (χ1v) is 18.0. The smallest absolute Gasteiger partial charge is 0.407 e. The number of anilines is 1. The molecule has 2 heterocycles. The lowest BCUT2D eigenvalue weighted by Gasteiger charge is -2.38. The summed E-state index contributed by atoms with van der Waals surface area (Å²) in [4.78, 5) is 62.8. The third-order valence-corrected chi connectivity index (χ3v) is 10.2. The third kappa shape index (κ3) is 7.52. The molecule has 5 aromatic rings. The van der Waals surface area contributed by atoms with Gasteiger partial charge >= 0.3 is 6.09 Å². The number of carbonyl (C=O) groups is 3. The first kappa shape index (κ1) is 39.1. The molecular weight excluding hydrogens is 720 g/mol. The van der Waals surface area contributed by atoms with Crippen molar-refractivity contribution in [1.82, 2.24) is 19.8 Å². The van der Waals surface area contributed by atoms with E-state index in [4.69, 9.17) is 19.2 Å². The zero-order chi connectivity index (χ0) is 40.3. The molecule has 0 aliphatic carbocycles. The number of ether oxygens (including phenoxy) is 3. The number of methoxy groups -OCH3 is 3. The van der Waals surface area contributed by atoms with E-state index >= 15 is 0 Å². The zero-order valence-electron chi connectivity index (χ0n) is 32.1. The highest BCUT2D eigenvalue weighted by Crippen LogP contribution is 2.42. The van der Waals surface area contributed by atoms with Crippen molar-refractivity contribution in [2.45, 2.75) is 45.6 Å². The molecule has 3 N–H and O–H groups in total. The van der Waals surface area contributed by atoms with Crippen molar-refractivity contribution in [1.29, 1.82) is 0 Å². The number of nitrogens with one attached hydrogen (secondary N) is 2. The van der Waals surface area contributed by atoms with Gasteiger partial charge in [0, 0.05) is 48.9 Å². The van der Waals surface area contributed by atoms with Gasteiger partial charge in [0.05, 0.1) is 48.4 Å². The summed E-state index contributed by atoms with van der Waals surface area (Å²) in [6.07, 6.45) is -0.514. The standard InChI is InChI=1S/C41H44N6O9/c1-24-12-14-26(21-30(24)47(52)53)37-43-35-29(42-23-27-10-7-8-11-31(27)54-4)22-28-34(36(35)44-37)38(48)46(39(49)41(28,2)3)18-9-17-45(40(50)51)19-16-25-13-15-32(55-5)33(20-25)56-6/h7-8,10-15,20-22,42H,9,16-19,23H2,1-6H3,(H,43,44)(H,50,51). The summed E-state index contributed by atoms with van der Waals surface area (Å²) in [5.74, 6) is 1.10. The van der Waals surface area contributed by atoms with Crippen LogP contribution in [-0.2, 0) is 23.2 Å². The Bertz CT molecular complexity index is 2340. The molecule has 15 heteroatoms. The maximum absolute atomic E-state index is 14.4. The molecule has 0 atom stereocenters. The minimum absolute atomic E-state index is 0.0267. The molecule has 0 unspecified atom stereocenters. The van der Waals surface area contributed by atoms with Crippen molar-refractivity contribution in [3.05, 3.63) is 105 Å². The number of amides is 3. The first-order chi connectivity index (χ1) is 26.8. The number of hydrogen-bond donors (Lipinski definition) is 3. The maximum atomic E-state index is 14.4. The monoisotopic (exact) mass is 764 g/mol. The fraction of sp³-hybridized carbons (Fsp3) is 0.317. The summed E-state index contributed by atoms with van der Waals surface area (Å²) in [6, 6.07) is 19.5. The molecular formula is C41H44N6O9. The van der Waals surface area contributed by atoms with Gasteiger partial charge in [-0.3, -0.25) is 24.6 Å². The van der Waals surface area contributed by atoms with Crippen molar-refractivity contribution < 1.29 is 38.6 Å². The highest BCUT2D eigenvalue weighted by molar-refractivity contribution is 6.19. The van der Waals surface area contributed by atoms with Gasteiger partial charge in [-0.15, -0.1) is 0 Å². The molecule has 4 aromatic carbocycles. The number of benzene rings is 4. The molecule has 0 saturated carbocycles. The number of fused-ring (bicyclic) bond motifs is 3. The number of carbonyl (C=O) groups excluding carboxylic acids is 2. The second kappa shape index (κ2) is 16.0. The number of aromatic amines is 1. The number of para-hydroxylation sites is 1. The molecule has 15 nitrogen and oxygen atoms in total. The van der Waals surface area contributed by atoms with Gasteiger partial charge in [-0.2, -0.15) is 0 Å². The Morgan fingerprint density at radius 2 is 1.71 bits per heavy atom. The van der Waals surface area contributed by atoms with Crippen LogP contribution in [0.25, 0.3) is 22.4 Å². The van der Waals surface area contributed by atoms with Crippen LogP contribution in [0.2, 0.25) is 0 Å². The fourth-order valence-corrected chi connectivity index (χ4v) is 7.05. The average molecular weight is 765 g/mol. The lowest BCUT2D eigenvalue weighted by molar-refractivity contribution is -0.385. The molecule has 1 aromatic heterocycles. The molecule has 1 aliphatic rings. The molecule has 0 spiro atoms. The van der Waals surface area contributed by atoms with Gasteiger partial charge in [-0.1, -0.05) is 36.4 Å². The molecule has 3 amide bonds. The van der Waals surface area contributed by atoms with Gasteiger partial charge in [0.1, 0.15) is 17.1 Å². The van der Waals surface area contributed by atoms with Crippen LogP contribution in [0, 0.1) is 17.0 Å². The lowest BCUT2D eigenvalue weighted by atomic mass is 9.76. The Hall–Kier alpha value is -6.64. The Labute approximate surface area is 323 Å². The highest BCUT2D eigenvalue weighted by Gasteiger charge is 2.46. The van der Waals surface area contributed by atoms with Crippen molar-refractivity contribution in [2.75, 3.05) is 46.3 Å². The summed E-state index contributed by atoms with van der Waals surface area (Å²) in [6.45, 7) is 5.71. The minimum Gasteiger partial charge on any atom is -0.496 e. The van der Waals surface area contributed by atoms with Crippen LogP contribution >= 0.6 is 0 Å². The Balaban J connectivity index is 1.32. The molecule has 0 bridgehead atoms. The predicted molar refractivity (Wildman–Crippen MR) is 210 cm³/mol. The van der Waals surface area contributed by atoms with Gasteiger partial charge in [0.2, 0.25) is 5.91 Å². The normalized spacial score (nSPS) is 13.4. The molecule has 0 fully saturated rings. The van der Waals surface area contributed by atoms with E-state index in [-0.39, 0.29) is 37.3 Å². The summed E-state index contributed by atoms with van der Waals surface area (Å²) in [7, 11) is 4.65. The zero-order valence-corrected chi connectivity index (χ0v) is 32.1. The minimum atomic E-state index is -1.17. The third-order valence-electron chi connectivity index (χ3n) is 10.2. The van der Waals surface area contributed by atoms with Crippen LogP contribution < -0.4 is 19.5 Å². The second-order valence-corrected chi connectivity index (χ2v) is 14.0. The van der Waals surface area contributed by atoms with Crippen molar-refractivity contribution in [2.24, 2.45) is 0 Å². The van der Waals surface area contributed by atoms with Crippen LogP contribution in [-0.4, -0.2) is 88.7 Å². The van der Waals surface area contributed by atoms with Crippen LogP contribution in [0.3, 0.4) is 0 Å². The highest BCUT2D eigenvalue weighted by atomic mass is 16.6. The number of hydrogen-bond acceptors (Lipinski definition) is 10. The number of aromatic nitrogens is 2. The van der Waals surface area contributed by atoms with Crippen molar-refractivity contribution in [3.63, 3.8) is 0 Å². The SMILES string of the molecule is COc1ccccc1CNc1cc2c(c3[nH]c(-c4ccc(C)c([N+](=O)[O-])c4)nc13)C(=O)N(CCCN(CCc1ccc(OC)c(OC)c1)C(=O)O)C(=O)C2(C)C. The van der Waals surface area contributed by atoms with Gasteiger partial charge in [-0.05, 0) is 69.0 Å². The number of carboxylic acid groups (broad SMARTS) is 1. The topological polar surface area (TPSA) is 189 Å². The van der Waals surface area contributed by atoms with E-state index in [0.29, 0.717) is 69.4 Å². The number of rotatable bonds is 15. The quantitative estimate of drug-likeness (QED) is 0.0568. The number of imidazole rings is 1. The van der Waals surface area contributed by atoms with E-state index in [1.54, 1.807) is 58.2 Å². The summed E-state index contributed by atoms with van der Waals surface area (Å²) in [5.41, 5.74) is 3.43. The van der Waals surface area contributed by atoms with E-state index in [0.717, 1.165) is 11.1 Å². The molecule has 6 rings (SSSR count). The van der Waals surface area contributed by atoms with E-state index in [1.807, 2.05) is 30.3 Å². The molecule has 1 aliphatic heterocycles. The molecule has 56 heavy (non-hydrogen) atoms. The number of imide groups is 1. The van der Waals surface area contributed by atoms with Gasteiger partial charge in [-0.25, -0.2) is 9.78 Å². The number of nitro benzene ring substituents is 1. The molecule has 292 valence electrons. The van der Waals surface area contributed by atoms with Crippen molar-refractivity contribution >= 4 is 40.3 Å². The Kier molecular flexibility index (Phi) is 11.2. The first-order valence-electron chi connectivity index (χ1n) is 18.0. The fourth-order valence-electron chi connectivity index (χ4n) is 7.05. The van der Waals surface area contributed by atoms with Crippen LogP contribution in [0.15, 0.2) is 66.7 Å². The van der Waals surface area contributed by atoms with Crippen molar-refractivity contribution in [3.8, 4) is 28.6 Å². The summed E-state index contributed by atoms with van der Waals surface area (Å²) >= 11 is 0. The van der Waals surface area contributed by atoms with Gasteiger partial charge in [0.15, 0.2) is 11.5 Å². The number of nitro groups is 1. The van der Waals surface area contributed by atoms with Gasteiger partial charge < -0.3 is 34.5 Å². The number of nitrogens with zero attached hydrogens (tertiary/aromatic N) is 4. The van der Waals surface area contributed by atoms with Crippen LogP contribution in [0.4, 0.5) is 16.2 Å².